The van der Waals surface area contributed by atoms with Crippen LogP contribution in [0.25, 0.3) is 10.1 Å². The highest BCUT2D eigenvalue weighted by Crippen LogP contribution is 2.27. The second-order valence-corrected chi connectivity index (χ2v) is 9.10. The van der Waals surface area contributed by atoms with Gasteiger partial charge in [-0.15, -0.1) is 22.7 Å². The highest BCUT2D eigenvalue weighted by atomic mass is 32.2. The molecule has 0 saturated carbocycles. The topological polar surface area (TPSA) is 72.5 Å². The largest absolute Gasteiger partial charge is 0.465 e. The van der Waals surface area contributed by atoms with Crippen LogP contribution in [0.15, 0.2) is 46.0 Å². The van der Waals surface area contributed by atoms with Gasteiger partial charge in [0, 0.05) is 10.7 Å². The molecule has 1 atom stereocenters. The van der Waals surface area contributed by atoms with Crippen molar-refractivity contribution < 1.29 is 17.9 Å². The first-order valence-corrected chi connectivity index (χ1v) is 10.8. The van der Waals surface area contributed by atoms with E-state index in [0.29, 0.717) is 6.42 Å². The molecule has 0 unspecified atom stereocenters. The van der Waals surface area contributed by atoms with E-state index in [4.69, 9.17) is 0 Å². The van der Waals surface area contributed by atoms with E-state index < -0.39 is 16.0 Å². The summed E-state index contributed by atoms with van der Waals surface area (Å²) in [6.45, 7) is 1.81. The fraction of sp³-hybridized carbons (Fsp3) is 0.235. The molecule has 0 aliphatic carbocycles. The number of sulfonamides is 1. The number of methoxy groups -OCH3 is 1. The van der Waals surface area contributed by atoms with Crippen LogP contribution in [0.3, 0.4) is 0 Å². The molecule has 132 valence electrons. The van der Waals surface area contributed by atoms with E-state index in [1.54, 1.807) is 16.7 Å². The molecular formula is C17H17NO4S3. The normalized spacial score (nSPS) is 13.0. The van der Waals surface area contributed by atoms with Crippen molar-refractivity contribution >= 4 is 48.8 Å². The number of esters is 1. The van der Waals surface area contributed by atoms with Gasteiger partial charge in [-0.1, -0.05) is 18.2 Å². The second-order valence-electron chi connectivity index (χ2n) is 5.59. The number of hydrogen-bond acceptors (Lipinski definition) is 6. The molecule has 0 spiro atoms. The summed E-state index contributed by atoms with van der Waals surface area (Å²) in [5.74, 6) is -0.646. The van der Waals surface area contributed by atoms with E-state index in [-0.39, 0.29) is 15.8 Å². The molecule has 0 radical (unpaired) electrons. The van der Waals surface area contributed by atoms with Crippen molar-refractivity contribution in [3.05, 3.63) is 51.5 Å². The van der Waals surface area contributed by atoms with Gasteiger partial charge in [0.25, 0.3) is 0 Å². The van der Waals surface area contributed by atoms with Crippen LogP contribution in [0.5, 0.6) is 0 Å². The van der Waals surface area contributed by atoms with Crippen molar-refractivity contribution in [1.29, 1.82) is 0 Å². The molecule has 0 saturated heterocycles. The Hall–Kier alpha value is -1.74. The van der Waals surface area contributed by atoms with Crippen LogP contribution in [0.1, 0.15) is 22.2 Å². The van der Waals surface area contributed by atoms with Crippen LogP contribution in [-0.4, -0.2) is 27.5 Å². The third kappa shape index (κ3) is 3.77. The lowest BCUT2D eigenvalue weighted by atomic mass is 10.1. The van der Waals surface area contributed by atoms with Gasteiger partial charge in [-0.3, -0.25) is 0 Å². The predicted octanol–water partition coefficient (Wildman–Crippen LogP) is 3.66. The zero-order valence-corrected chi connectivity index (χ0v) is 16.1. The molecule has 0 amide bonds. The molecule has 1 aromatic carbocycles. The number of ether oxygens (including phenoxy) is 1. The summed E-state index contributed by atoms with van der Waals surface area (Å²) < 4.78 is 33.7. The van der Waals surface area contributed by atoms with Crippen molar-refractivity contribution in [2.75, 3.05) is 7.11 Å². The van der Waals surface area contributed by atoms with Crippen LogP contribution in [0.4, 0.5) is 0 Å². The lowest BCUT2D eigenvalue weighted by Gasteiger charge is -2.14. The molecule has 2 heterocycles. The molecule has 5 nitrogen and oxygen atoms in total. The minimum atomic E-state index is -3.80. The number of fused-ring (bicyclic) bond motifs is 1. The zero-order chi connectivity index (χ0) is 18.0. The Bertz CT molecular complexity index is 1000. The SMILES string of the molecule is COC(=O)c1sccc1S(=O)(=O)N[C@@H](C)Cc1csc2ccccc12. The first-order chi connectivity index (χ1) is 11.9. The minimum Gasteiger partial charge on any atom is -0.465 e. The summed E-state index contributed by atoms with van der Waals surface area (Å²) in [4.78, 5) is 11.8. The molecule has 1 N–H and O–H groups in total. The Kier molecular flexibility index (Phi) is 5.24. The second kappa shape index (κ2) is 7.25. The summed E-state index contributed by atoms with van der Waals surface area (Å²) in [6.07, 6.45) is 0.570. The molecule has 0 fully saturated rings. The zero-order valence-electron chi connectivity index (χ0n) is 13.7. The Labute approximate surface area is 154 Å². The number of carbonyl (C=O) groups is 1. The predicted molar refractivity (Wildman–Crippen MR) is 101 cm³/mol. The van der Waals surface area contributed by atoms with Crippen LogP contribution >= 0.6 is 22.7 Å². The molecule has 25 heavy (non-hydrogen) atoms. The molecule has 3 rings (SSSR count). The van der Waals surface area contributed by atoms with E-state index in [1.165, 1.54) is 17.9 Å². The van der Waals surface area contributed by atoms with Gasteiger partial charge in [-0.25, -0.2) is 17.9 Å². The monoisotopic (exact) mass is 395 g/mol. The Morgan fingerprint density at radius 2 is 2.00 bits per heavy atom. The molecule has 0 bridgehead atoms. The van der Waals surface area contributed by atoms with Crippen molar-refractivity contribution in [2.24, 2.45) is 0 Å². The third-order valence-electron chi connectivity index (χ3n) is 3.73. The average Bonchev–Trinajstić information content (AvgIpc) is 3.22. The highest BCUT2D eigenvalue weighted by Gasteiger charge is 2.26. The number of hydrogen-bond donors (Lipinski definition) is 1. The quantitative estimate of drug-likeness (QED) is 0.647. The van der Waals surface area contributed by atoms with E-state index >= 15 is 0 Å². The van der Waals surface area contributed by atoms with Gasteiger partial charge in [0.05, 0.1) is 7.11 Å². The van der Waals surface area contributed by atoms with Gasteiger partial charge in [0.15, 0.2) is 0 Å². The summed E-state index contributed by atoms with van der Waals surface area (Å²) in [6, 6.07) is 9.16. The maximum atomic E-state index is 12.6. The molecule has 8 heteroatoms. The smallest absolute Gasteiger partial charge is 0.349 e. The van der Waals surface area contributed by atoms with E-state index in [2.05, 4.69) is 14.8 Å². The van der Waals surface area contributed by atoms with Gasteiger partial charge in [-0.2, -0.15) is 0 Å². The molecule has 3 aromatic rings. The average molecular weight is 396 g/mol. The van der Waals surface area contributed by atoms with Gasteiger partial charge in [0.1, 0.15) is 9.77 Å². The van der Waals surface area contributed by atoms with Crippen molar-refractivity contribution in [3.8, 4) is 0 Å². The molecular weight excluding hydrogens is 378 g/mol. The number of rotatable bonds is 6. The maximum Gasteiger partial charge on any atom is 0.349 e. The van der Waals surface area contributed by atoms with Crippen LogP contribution in [0, 0.1) is 0 Å². The molecule has 0 aliphatic rings. The van der Waals surface area contributed by atoms with Gasteiger partial charge < -0.3 is 4.74 Å². The first-order valence-electron chi connectivity index (χ1n) is 7.55. The lowest BCUT2D eigenvalue weighted by molar-refractivity contribution is 0.0602. The van der Waals surface area contributed by atoms with Crippen molar-refractivity contribution in [3.63, 3.8) is 0 Å². The molecule has 0 aliphatic heterocycles. The minimum absolute atomic E-state index is 0.0358. The number of carbonyl (C=O) groups excluding carboxylic acids is 1. The van der Waals surface area contributed by atoms with Crippen molar-refractivity contribution in [1.82, 2.24) is 4.72 Å². The lowest BCUT2D eigenvalue weighted by Crippen LogP contribution is -2.34. The van der Waals surface area contributed by atoms with Gasteiger partial charge >= 0.3 is 5.97 Å². The standard InChI is InChI=1S/C17H17NO4S3/c1-11(9-12-10-24-14-6-4-3-5-13(12)14)18-25(20,21)15-7-8-23-16(15)17(19)22-2/h3-8,10-11,18H,9H2,1-2H3/t11-/m0/s1. The first kappa shape index (κ1) is 18.1. The third-order valence-corrected chi connectivity index (χ3v) is 7.40. The van der Waals surface area contributed by atoms with E-state index in [1.807, 2.05) is 31.2 Å². The fourth-order valence-electron chi connectivity index (χ4n) is 2.64. The Balaban J connectivity index is 1.79. The number of benzene rings is 1. The summed E-state index contributed by atoms with van der Waals surface area (Å²) in [7, 11) is -2.56. The summed E-state index contributed by atoms with van der Waals surface area (Å²) in [5.41, 5.74) is 1.11. The van der Waals surface area contributed by atoms with Crippen LogP contribution in [-0.2, 0) is 21.2 Å². The van der Waals surface area contributed by atoms with E-state index in [9.17, 15) is 13.2 Å². The fourth-order valence-corrected chi connectivity index (χ4v) is 6.20. The van der Waals surface area contributed by atoms with Crippen LogP contribution < -0.4 is 4.72 Å². The maximum absolute atomic E-state index is 12.6. The summed E-state index contributed by atoms with van der Waals surface area (Å²) >= 11 is 2.70. The van der Waals surface area contributed by atoms with Crippen LogP contribution in [0.2, 0.25) is 0 Å². The Morgan fingerprint density at radius 1 is 1.24 bits per heavy atom. The molecule has 2 aromatic heterocycles. The van der Waals surface area contributed by atoms with Crippen molar-refractivity contribution in [2.45, 2.75) is 24.3 Å². The van der Waals surface area contributed by atoms with Gasteiger partial charge in [-0.05, 0) is 47.2 Å². The Morgan fingerprint density at radius 3 is 2.76 bits per heavy atom. The van der Waals surface area contributed by atoms with E-state index in [0.717, 1.165) is 22.3 Å². The number of nitrogens with one attached hydrogen (secondary N) is 1. The highest BCUT2D eigenvalue weighted by molar-refractivity contribution is 7.89. The van der Waals surface area contributed by atoms with Gasteiger partial charge in [0.2, 0.25) is 10.0 Å². The summed E-state index contributed by atoms with van der Waals surface area (Å²) in [5, 5.41) is 4.77. The number of thiophene rings is 2.